The fourth-order valence-electron chi connectivity index (χ4n) is 3.42. The van der Waals surface area contributed by atoms with Gasteiger partial charge in [0.2, 0.25) is 5.91 Å². The molecule has 2 amide bonds. The van der Waals surface area contributed by atoms with Crippen LogP contribution in [0, 0.1) is 0 Å². The van der Waals surface area contributed by atoms with Crippen LogP contribution in [0.2, 0.25) is 0 Å². The number of morpholine rings is 1. The highest BCUT2D eigenvalue weighted by Gasteiger charge is 2.20. The van der Waals surface area contributed by atoms with Crippen molar-refractivity contribution in [2.75, 3.05) is 56.3 Å². The van der Waals surface area contributed by atoms with Crippen LogP contribution in [-0.2, 0) is 9.53 Å². The monoisotopic (exact) mass is 397 g/mol. The van der Waals surface area contributed by atoms with Gasteiger partial charge in [-0.05, 0) is 24.3 Å². The standard InChI is InChI=1S/C22H27N3O4/c1-17(26)25(12-11-23-22(27)18-7-3-6-10-21(18)28-2)20-9-5-4-8-19(20)24-13-15-29-16-14-24/h3-10H,11-16H2,1-2H3,(H,23,27). The Labute approximate surface area is 171 Å². The molecule has 154 valence electrons. The molecular formula is C22H27N3O4. The van der Waals surface area contributed by atoms with E-state index in [1.807, 2.05) is 30.3 Å². The Morgan fingerprint density at radius 1 is 1.10 bits per heavy atom. The molecule has 3 rings (SSSR count). The highest BCUT2D eigenvalue weighted by Crippen LogP contribution is 2.30. The zero-order valence-corrected chi connectivity index (χ0v) is 16.9. The number of amides is 2. The molecule has 1 fully saturated rings. The second-order valence-corrected chi connectivity index (χ2v) is 6.71. The van der Waals surface area contributed by atoms with Crippen molar-refractivity contribution < 1.29 is 19.1 Å². The molecule has 2 aromatic rings. The first-order chi connectivity index (χ1) is 14.1. The Balaban J connectivity index is 1.70. The number of benzene rings is 2. The number of para-hydroxylation sites is 3. The minimum absolute atomic E-state index is 0.0720. The van der Waals surface area contributed by atoms with Crippen molar-refractivity contribution in [2.45, 2.75) is 6.92 Å². The van der Waals surface area contributed by atoms with Gasteiger partial charge in [0.1, 0.15) is 5.75 Å². The fraction of sp³-hybridized carbons (Fsp3) is 0.364. The maximum atomic E-state index is 12.5. The molecule has 0 aromatic heterocycles. The summed E-state index contributed by atoms with van der Waals surface area (Å²) in [5, 5.41) is 2.88. The van der Waals surface area contributed by atoms with E-state index in [1.165, 1.54) is 14.0 Å². The van der Waals surface area contributed by atoms with Crippen molar-refractivity contribution in [1.29, 1.82) is 0 Å². The van der Waals surface area contributed by atoms with E-state index in [0.717, 1.165) is 24.5 Å². The van der Waals surface area contributed by atoms with E-state index in [9.17, 15) is 9.59 Å². The number of methoxy groups -OCH3 is 1. The molecule has 29 heavy (non-hydrogen) atoms. The molecule has 0 unspecified atom stereocenters. The molecule has 1 N–H and O–H groups in total. The summed E-state index contributed by atoms with van der Waals surface area (Å²) in [5.74, 6) is 0.218. The highest BCUT2D eigenvalue weighted by atomic mass is 16.5. The van der Waals surface area contributed by atoms with Crippen LogP contribution < -0.4 is 19.9 Å². The first-order valence-electron chi connectivity index (χ1n) is 9.73. The summed E-state index contributed by atoms with van der Waals surface area (Å²) in [4.78, 5) is 28.8. The molecule has 1 heterocycles. The van der Waals surface area contributed by atoms with E-state index in [-0.39, 0.29) is 11.8 Å². The maximum absolute atomic E-state index is 12.5. The normalized spacial score (nSPS) is 13.7. The third-order valence-corrected chi connectivity index (χ3v) is 4.88. The number of carbonyl (C=O) groups excluding carboxylic acids is 2. The number of anilines is 2. The summed E-state index contributed by atoms with van der Waals surface area (Å²) in [6.07, 6.45) is 0. The van der Waals surface area contributed by atoms with Gasteiger partial charge in [0.25, 0.3) is 5.91 Å². The van der Waals surface area contributed by atoms with E-state index < -0.39 is 0 Å². The van der Waals surface area contributed by atoms with Gasteiger partial charge in [-0.15, -0.1) is 0 Å². The quantitative estimate of drug-likeness (QED) is 0.776. The number of nitrogens with one attached hydrogen (secondary N) is 1. The number of hydrogen-bond acceptors (Lipinski definition) is 5. The minimum atomic E-state index is -0.229. The molecule has 0 aliphatic carbocycles. The Kier molecular flexibility index (Phi) is 7.08. The number of carbonyl (C=O) groups is 2. The molecule has 7 nitrogen and oxygen atoms in total. The topological polar surface area (TPSA) is 71.1 Å². The molecule has 2 aromatic carbocycles. The average Bonchev–Trinajstić information content (AvgIpc) is 2.77. The highest BCUT2D eigenvalue weighted by molar-refractivity contribution is 5.97. The van der Waals surface area contributed by atoms with Crippen LogP contribution in [0.5, 0.6) is 5.75 Å². The van der Waals surface area contributed by atoms with Gasteiger partial charge in [-0.2, -0.15) is 0 Å². The lowest BCUT2D eigenvalue weighted by molar-refractivity contribution is -0.116. The maximum Gasteiger partial charge on any atom is 0.255 e. The van der Waals surface area contributed by atoms with Gasteiger partial charge in [-0.1, -0.05) is 24.3 Å². The smallest absolute Gasteiger partial charge is 0.255 e. The molecule has 0 saturated carbocycles. The van der Waals surface area contributed by atoms with E-state index >= 15 is 0 Å². The fourth-order valence-corrected chi connectivity index (χ4v) is 3.42. The van der Waals surface area contributed by atoms with Crippen LogP contribution in [0.4, 0.5) is 11.4 Å². The molecule has 1 aliphatic rings. The van der Waals surface area contributed by atoms with Gasteiger partial charge < -0.3 is 24.6 Å². The van der Waals surface area contributed by atoms with Crippen LogP contribution in [0.15, 0.2) is 48.5 Å². The van der Waals surface area contributed by atoms with E-state index in [4.69, 9.17) is 9.47 Å². The van der Waals surface area contributed by atoms with Gasteiger partial charge in [-0.25, -0.2) is 0 Å². The van der Waals surface area contributed by atoms with Crippen molar-refractivity contribution in [3.05, 3.63) is 54.1 Å². The molecule has 0 spiro atoms. The molecule has 0 bridgehead atoms. The number of nitrogens with zero attached hydrogens (tertiary/aromatic N) is 2. The van der Waals surface area contributed by atoms with Gasteiger partial charge in [0.05, 0.1) is 37.3 Å². The number of rotatable bonds is 7. The predicted octanol–water partition coefficient (Wildman–Crippen LogP) is 2.31. The van der Waals surface area contributed by atoms with Gasteiger partial charge in [-0.3, -0.25) is 9.59 Å². The first-order valence-corrected chi connectivity index (χ1v) is 9.73. The van der Waals surface area contributed by atoms with Crippen LogP contribution in [0.3, 0.4) is 0 Å². The Morgan fingerprint density at radius 2 is 1.79 bits per heavy atom. The van der Waals surface area contributed by atoms with E-state index in [1.54, 1.807) is 23.1 Å². The summed E-state index contributed by atoms with van der Waals surface area (Å²) in [7, 11) is 1.53. The van der Waals surface area contributed by atoms with Crippen LogP contribution in [-0.4, -0.2) is 58.3 Å². The van der Waals surface area contributed by atoms with E-state index in [2.05, 4.69) is 10.2 Å². The van der Waals surface area contributed by atoms with Gasteiger partial charge >= 0.3 is 0 Å². The third kappa shape index (κ3) is 5.06. The van der Waals surface area contributed by atoms with Crippen molar-refractivity contribution in [2.24, 2.45) is 0 Å². The van der Waals surface area contributed by atoms with Crippen molar-refractivity contribution in [3.8, 4) is 5.75 Å². The molecular weight excluding hydrogens is 370 g/mol. The third-order valence-electron chi connectivity index (χ3n) is 4.88. The zero-order valence-electron chi connectivity index (χ0n) is 16.9. The lowest BCUT2D eigenvalue weighted by atomic mass is 10.2. The lowest BCUT2D eigenvalue weighted by Gasteiger charge is -2.33. The van der Waals surface area contributed by atoms with Crippen molar-refractivity contribution in [1.82, 2.24) is 5.32 Å². The Hall–Kier alpha value is -3.06. The zero-order chi connectivity index (χ0) is 20.6. The summed E-state index contributed by atoms with van der Waals surface area (Å²) >= 11 is 0. The molecule has 7 heteroatoms. The average molecular weight is 397 g/mol. The second-order valence-electron chi connectivity index (χ2n) is 6.71. The Bertz CT molecular complexity index is 849. The predicted molar refractivity (Wildman–Crippen MR) is 113 cm³/mol. The number of ether oxygens (including phenoxy) is 2. The second kappa shape index (κ2) is 9.93. The minimum Gasteiger partial charge on any atom is -0.496 e. The molecule has 1 aliphatic heterocycles. The summed E-state index contributed by atoms with van der Waals surface area (Å²) in [6.45, 7) is 5.15. The van der Waals surface area contributed by atoms with Gasteiger partial charge in [0, 0.05) is 33.1 Å². The van der Waals surface area contributed by atoms with Crippen LogP contribution >= 0.6 is 0 Å². The Morgan fingerprint density at radius 3 is 2.52 bits per heavy atom. The van der Waals surface area contributed by atoms with E-state index in [0.29, 0.717) is 37.6 Å². The summed E-state index contributed by atoms with van der Waals surface area (Å²) in [6, 6.07) is 14.9. The first kappa shape index (κ1) is 20.7. The van der Waals surface area contributed by atoms with Gasteiger partial charge in [0.15, 0.2) is 0 Å². The molecule has 1 saturated heterocycles. The van der Waals surface area contributed by atoms with Crippen molar-refractivity contribution in [3.63, 3.8) is 0 Å². The van der Waals surface area contributed by atoms with Crippen LogP contribution in [0.25, 0.3) is 0 Å². The molecule has 0 atom stereocenters. The largest absolute Gasteiger partial charge is 0.496 e. The summed E-state index contributed by atoms with van der Waals surface area (Å²) < 4.78 is 10.7. The SMILES string of the molecule is COc1ccccc1C(=O)NCCN(C(C)=O)c1ccccc1N1CCOCC1. The number of hydrogen-bond donors (Lipinski definition) is 1. The summed E-state index contributed by atoms with van der Waals surface area (Å²) in [5.41, 5.74) is 2.31. The van der Waals surface area contributed by atoms with Crippen LogP contribution in [0.1, 0.15) is 17.3 Å². The lowest BCUT2D eigenvalue weighted by Crippen LogP contribution is -2.40. The van der Waals surface area contributed by atoms with Crippen molar-refractivity contribution >= 4 is 23.2 Å². The molecule has 0 radical (unpaired) electrons.